The van der Waals surface area contributed by atoms with Crippen molar-refractivity contribution in [3.63, 3.8) is 0 Å². The molecule has 0 aliphatic carbocycles. The Hall–Kier alpha value is -2.95. The maximum absolute atomic E-state index is 5.24. The van der Waals surface area contributed by atoms with Gasteiger partial charge in [-0.2, -0.15) is 0 Å². The third-order valence-electron chi connectivity index (χ3n) is 3.69. The summed E-state index contributed by atoms with van der Waals surface area (Å²) >= 11 is 0. The molecule has 0 spiro atoms. The van der Waals surface area contributed by atoms with Crippen LogP contribution in [0.3, 0.4) is 0 Å². The van der Waals surface area contributed by atoms with Gasteiger partial charge in [0.05, 0.1) is 7.11 Å². The Morgan fingerprint density at radius 1 is 1.30 bits per heavy atom. The van der Waals surface area contributed by atoms with E-state index < -0.39 is 0 Å². The lowest BCUT2D eigenvalue weighted by atomic mass is 10.0. The number of aryl methyl sites for hydroxylation is 1. The van der Waals surface area contributed by atoms with Crippen LogP contribution in [0.2, 0.25) is 0 Å². The molecule has 3 aromatic heterocycles. The molecule has 23 heavy (non-hydrogen) atoms. The van der Waals surface area contributed by atoms with E-state index in [2.05, 4.69) is 21.6 Å². The quantitative estimate of drug-likeness (QED) is 0.545. The van der Waals surface area contributed by atoms with Crippen LogP contribution in [0.25, 0.3) is 22.6 Å². The summed E-state index contributed by atoms with van der Waals surface area (Å²) in [6.45, 7) is 7.86. The van der Waals surface area contributed by atoms with Crippen LogP contribution in [0, 0.1) is 6.92 Å². The lowest BCUT2D eigenvalue weighted by Crippen LogP contribution is -1.94. The predicted octanol–water partition coefficient (Wildman–Crippen LogP) is 3.66. The highest BCUT2D eigenvalue weighted by Crippen LogP contribution is 2.25. The molecule has 5 nitrogen and oxygen atoms in total. The Kier molecular flexibility index (Phi) is 3.93. The molecule has 3 rings (SSSR count). The van der Waals surface area contributed by atoms with Crippen molar-refractivity contribution < 1.29 is 4.74 Å². The normalized spacial score (nSPS) is 11.7. The van der Waals surface area contributed by atoms with Gasteiger partial charge in [0.2, 0.25) is 0 Å². The van der Waals surface area contributed by atoms with Gasteiger partial charge in [0.25, 0.3) is 0 Å². The fraction of sp³-hybridized carbons (Fsp3) is 0.167. The van der Waals surface area contributed by atoms with Gasteiger partial charge < -0.3 is 4.74 Å². The van der Waals surface area contributed by atoms with E-state index in [4.69, 9.17) is 4.74 Å². The molecular formula is C18H18N4O. The van der Waals surface area contributed by atoms with Crippen LogP contribution in [0.4, 0.5) is 0 Å². The van der Waals surface area contributed by atoms with E-state index in [0.29, 0.717) is 11.6 Å². The van der Waals surface area contributed by atoms with Gasteiger partial charge in [-0.1, -0.05) is 18.7 Å². The van der Waals surface area contributed by atoms with Crippen LogP contribution in [0.1, 0.15) is 18.2 Å². The van der Waals surface area contributed by atoms with E-state index in [-0.39, 0.29) is 0 Å². The summed E-state index contributed by atoms with van der Waals surface area (Å²) in [5, 5.41) is 4.57. The van der Waals surface area contributed by atoms with Crippen molar-refractivity contribution in [1.82, 2.24) is 19.6 Å². The first-order valence-electron chi connectivity index (χ1n) is 7.32. The molecule has 3 aromatic rings. The number of allylic oxidation sites excluding steroid dienone is 2. The number of hydrogen-bond acceptors (Lipinski definition) is 4. The van der Waals surface area contributed by atoms with Crippen LogP contribution in [0.15, 0.2) is 55.1 Å². The Balaban J connectivity index is 2.08. The molecular weight excluding hydrogens is 288 g/mol. The standard InChI is InChI=1S/C18H18N4O/c1-5-16(13(3)23-4)14-9-15(11-19-10-14)18-20-17-8-6-7-12(2)22(17)21-18/h5-11H,3H2,1-2,4H3/b16-5+. The molecule has 0 atom stereocenters. The molecule has 0 aliphatic heterocycles. The van der Waals surface area contributed by atoms with Gasteiger partial charge in [-0.3, -0.25) is 4.98 Å². The zero-order valence-electron chi connectivity index (χ0n) is 13.4. The first kappa shape index (κ1) is 15.0. The van der Waals surface area contributed by atoms with Gasteiger partial charge >= 0.3 is 0 Å². The molecule has 0 amide bonds. The van der Waals surface area contributed by atoms with Crippen LogP contribution in [-0.2, 0) is 4.74 Å². The smallest absolute Gasteiger partial charge is 0.183 e. The van der Waals surface area contributed by atoms with Crippen molar-refractivity contribution in [2.45, 2.75) is 13.8 Å². The maximum Gasteiger partial charge on any atom is 0.183 e. The average Bonchev–Trinajstić information content (AvgIpc) is 3.01. The Bertz CT molecular complexity index is 908. The summed E-state index contributed by atoms with van der Waals surface area (Å²) in [4.78, 5) is 8.89. The summed E-state index contributed by atoms with van der Waals surface area (Å²) in [5.74, 6) is 1.25. The average molecular weight is 306 g/mol. The SMILES string of the molecule is C=C(OC)/C(=C\C)c1cncc(-c2nc3cccc(C)n3n2)c1. The molecule has 0 bridgehead atoms. The summed E-state index contributed by atoms with van der Waals surface area (Å²) in [7, 11) is 1.61. The van der Waals surface area contributed by atoms with Crippen LogP contribution in [0.5, 0.6) is 0 Å². The molecule has 0 aliphatic rings. The van der Waals surface area contributed by atoms with Gasteiger partial charge in [-0.25, -0.2) is 9.50 Å². The number of pyridine rings is 2. The van der Waals surface area contributed by atoms with E-state index in [1.54, 1.807) is 19.5 Å². The fourth-order valence-corrected chi connectivity index (χ4v) is 2.47. The molecule has 0 radical (unpaired) electrons. The number of hydrogen-bond donors (Lipinski definition) is 0. The first-order chi connectivity index (χ1) is 11.1. The minimum Gasteiger partial charge on any atom is -0.497 e. The molecule has 5 heteroatoms. The van der Waals surface area contributed by atoms with Crippen LogP contribution < -0.4 is 0 Å². The second-order valence-electron chi connectivity index (χ2n) is 5.16. The number of methoxy groups -OCH3 is 1. The summed E-state index contributed by atoms with van der Waals surface area (Å²) in [5.41, 5.74) is 4.54. The van der Waals surface area contributed by atoms with Gasteiger partial charge in [-0.15, -0.1) is 5.10 Å². The van der Waals surface area contributed by atoms with Crippen LogP contribution in [-0.4, -0.2) is 26.7 Å². The van der Waals surface area contributed by atoms with Gasteiger partial charge in [0.1, 0.15) is 5.76 Å². The van der Waals surface area contributed by atoms with Crippen molar-refractivity contribution in [2.75, 3.05) is 7.11 Å². The minimum absolute atomic E-state index is 0.602. The van der Waals surface area contributed by atoms with Crippen molar-refractivity contribution in [2.24, 2.45) is 0 Å². The Labute approximate surface area is 135 Å². The summed E-state index contributed by atoms with van der Waals surface area (Å²) in [6, 6.07) is 7.90. The molecule has 0 fully saturated rings. The predicted molar refractivity (Wildman–Crippen MR) is 90.8 cm³/mol. The summed E-state index contributed by atoms with van der Waals surface area (Å²) in [6.07, 6.45) is 5.49. The molecule has 3 heterocycles. The number of aromatic nitrogens is 4. The summed E-state index contributed by atoms with van der Waals surface area (Å²) < 4.78 is 7.07. The third kappa shape index (κ3) is 2.73. The molecule has 0 aromatic carbocycles. The molecule has 0 saturated carbocycles. The third-order valence-corrected chi connectivity index (χ3v) is 3.69. The van der Waals surface area contributed by atoms with E-state index in [1.165, 1.54) is 0 Å². The van der Waals surface area contributed by atoms with E-state index in [1.807, 2.05) is 48.7 Å². The number of nitrogens with zero attached hydrogens (tertiary/aromatic N) is 4. The molecule has 0 saturated heterocycles. The number of rotatable bonds is 4. The number of ether oxygens (including phenoxy) is 1. The second-order valence-corrected chi connectivity index (χ2v) is 5.16. The van der Waals surface area contributed by atoms with Crippen LogP contribution >= 0.6 is 0 Å². The second kappa shape index (κ2) is 6.04. The maximum atomic E-state index is 5.24. The highest BCUT2D eigenvalue weighted by atomic mass is 16.5. The molecule has 0 unspecified atom stereocenters. The van der Waals surface area contributed by atoms with Gasteiger partial charge in [0.15, 0.2) is 11.5 Å². The zero-order valence-corrected chi connectivity index (χ0v) is 13.4. The molecule has 116 valence electrons. The van der Waals surface area contributed by atoms with Crippen molar-refractivity contribution in [1.29, 1.82) is 0 Å². The van der Waals surface area contributed by atoms with Crippen molar-refractivity contribution in [3.8, 4) is 11.4 Å². The largest absolute Gasteiger partial charge is 0.497 e. The van der Waals surface area contributed by atoms with Crippen molar-refractivity contribution >= 4 is 11.2 Å². The van der Waals surface area contributed by atoms with Gasteiger partial charge in [0, 0.05) is 34.8 Å². The lowest BCUT2D eigenvalue weighted by Gasteiger charge is -2.09. The topological polar surface area (TPSA) is 52.3 Å². The highest BCUT2D eigenvalue weighted by Gasteiger charge is 2.11. The lowest BCUT2D eigenvalue weighted by molar-refractivity contribution is 0.313. The van der Waals surface area contributed by atoms with E-state index in [0.717, 1.165) is 28.0 Å². The van der Waals surface area contributed by atoms with E-state index in [9.17, 15) is 0 Å². The molecule has 0 N–H and O–H groups in total. The first-order valence-corrected chi connectivity index (χ1v) is 7.32. The van der Waals surface area contributed by atoms with Crippen molar-refractivity contribution in [3.05, 3.63) is 66.3 Å². The van der Waals surface area contributed by atoms with Gasteiger partial charge in [-0.05, 0) is 32.0 Å². The highest BCUT2D eigenvalue weighted by molar-refractivity contribution is 5.78. The fourth-order valence-electron chi connectivity index (χ4n) is 2.47. The Morgan fingerprint density at radius 2 is 2.13 bits per heavy atom. The zero-order chi connectivity index (χ0) is 16.4. The monoisotopic (exact) mass is 306 g/mol. The Morgan fingerprint density at radius 3 is 2.83 bits per heavy atom. The number of fused-ring (bicyclic) bond motifs is 1. The van der Waals surface area contributed by atoms with E-state index >= 15 is 0 Å². The minimum atomic E-state index is 0.602.